The van der Waals surface area contributed by atoms with E-state index in [-0.39, 0.29) is 0 Å². The number of aryl methyl sites for hydroxylation is 1. The lowest BCUT2D eigenvalue weighted by atomic mass is 10.2. The number of benzene rings is 1. The van der Waals surface area contributed by atoms with E-state index in [2.05, 4.69) is 4.98 Å². The van der Waals surface area contributed by atoms with E-state index in [9.17, 15) is 0 Å². The van der Waals surface area contributed by atoms with Crippen molar-refractivity contribution in [3.63, 3.8) is 0 Å². The number of rotatable bonds is 3. The minimum Gasteiger partial charge on any atom is -0.493 e. The summed E-state index contributed by atoms with van der Waals surface area (Å²) in [7, 11) is 1.61. The van der Waals surface area contributed by atoms with Gasteiger partial charge in [-0.15, -0.1) is 0 Å². The summed E-state index contributed by atoms with van der Waals surface area (Å²) in [5.41, 5.74) is 1.11. The maximum Gasteiger partial charge on any atom is 0.169 e. The fraction of sp³-hybridized carbons (Fsp3) is 0.154. The zero-order valence-electron chi connectivity index (χ0n) is 9.61. The van der Waals surface area contributed by atoms with E-state index in [1.807, 2.05) is 25.1 Å². The van der Waals surface area contributed by atoms with Gasteiger partial charge in [0.25, 0.3) is 0 Å². The van der Waals surface area contributed by atoms with Crippen LogP contribution in [0.3, 0.4) is 0 Å². The third-order valence-electron chi connectivity index (χ3n) is 2.25. The Balaban J connectivity index is 2.26. The van der Waals surface area contributed by atoms with Crippen LogP contribution in [0.25, 0.3) is 0 Å². The van der Waals surface area contributed by atoms with Crippen molar-refractivity contribution in [2.75, 3.05) is 7.11 Å². The number of hydrogen-bond donors (Lipinski definition) is 0. The molecule has 0 aliphatic rings. The highest BCUT2D eigenvalue weighted by atomic mass is 35.5. The predicted octanol–water partition coefficient (Wildman–Crippen LogP) is 3.84. The topological polar surface area (TPSA) is 31.4 Å². The van der Waals surface area contributed by atoms with Crippen molar-refractivity contribution in [2.45, 2.75) is 6.92 Å². The molecule has 2 rings (SSSR count). The van der Waals surface area contributed by atoms with Crippen molar-refractivity contribution in [1.82, 2.24) is 4.98 Å². The smallest absolute Gasteiger partial charge is 0.169 e. The van der Waals surface area contributed by atoms with Gasteiger partial charge in [0.1, 0.15) is 10.9 Å². The normalized spacial score (nSPS) is 10.1. The molecule has 88 valence electrons. The van der Waals surface area contributed by atoms with E-state index in [1.54, 1.807) is 25.4 Å². The Labute approximate surface area is 105 Å². The Morgan fingerprint density at radius 3 is 2.59 bits per heavy atom. The van der Waals surface area contributed by atoms with E-state index in [0.29, 0.717) is 22.4 Å². The maximum absolute atomic E-state index is 5.70. The van der Waals surface area contributed by atoms with E-state index < -0.39 is 0 Å². The molecule has 3 nitrogen and oxygen atoms in total. The van der Waals surface area contributed by atoms with Crippen molar-refractivity contribution in [1.29, 1.82) is 0 Å². The SMILES string of the molecule is COc1cc(C)ccc1Oc1ccc(Cl)nc1. The summed E-state index contributed by atoms with van der Waals surface area (Å²) in [5, 5.41) is 0.438. The van der Waals surface area contributed by atoms with Crippen LogP contribution in [0.2, 0.25) is 5.15 Å². The third-order valence-corrected chi connectivity index (χ3v) is 2.47. The molecular weight excluding hydrogens is 238 g/mol. The number of halogens is 1. The zero-order chi connectivity index (χ0) is 12.3. The predicted molar refractivity (Wildman–Crippen MR) is 67.1 cm³/mol. The van der Waals surface area contributed by atoms with Crippen molar-refractivity contribution in [3.05, 3.63) is 47.2 Å². The highest BCUT2D eigenvalue weighted by Crippen LogP contribution is 2.31. The summed E-state index contributed by atoms with van der Waals surface area (Å²) in [6.45, 7) is 2.00. The van der Waals surface area contributed by atoms with Crippen LogP contribution < -0.4 is 9.47 Å². The molecule has 17 heavy (non-hydrogen) atoms. The molecule has 0 atom stereocenters. The molecule has 2 aromatic rings. The fourth-order valence-corrected chi connectivity index (χ4v) is 1.52. The first-order valence-electron chi connectivity index (χ1n) is 5.13. The monoisotopic (exact) mass is 249 g/mol. The van der Waals surface area contributed by atoms with Gasteiger partial charge in [-0.3, -0.25) is 0 Å². The van der Waals surface area contributed by atoms with Gasteiger partial charge >= 0.3 is 0 Å². The fourth-order valence-electron chi connectivity index (χ4n) is 1.41. The van der Waals surface area contributed by atoms with Gasteiger partial charge in [0.05, 0.1) is 13.3 Å². The second kappa shape index (κ2) is 5.06. The summed E-state index contributed by atoms with van der Waals surface area (Å²) < 4.78 is 10.9. The van der Waals surface area contributed by atoms with E-state index >= 15 is 0 Å². The van der Waals surface area contributed by atoms with Crippen molar-refractivity contribution in [3.8, 4) is 17.2 Å². The molecule has 1 aromatic carbocycles. The maximum atomic E-state index is 5.70. The molecule has 4 heteroatoms. The Hall–Kier alpha value is -1.74. The van der Waals surface area contributed by atoms with Gasteiger partial charge in [-0.25, -0.2) is 4.98 Å². The Kier molecular flexibility index (Phi) is 3.49. The summed E-state index contributed by atoms with van der Waals surface area (Å²) in [6.07, 6.45) is 1.57. The molecule has 0 aliphatic heterocycles. The number of methoxy groups -OCH3 is 1. The molecule has 1 heterocycles. The molecule has 0 aliphatic carbocycles. The molecule has 1 aromatic heterocycles. The number of ether oxygens (including phenoxy) is 2. The molecule has 0 amide bonds. The second-order valence-electron chi connectivity index (χ2n) is 3.57. The zero-order valence-corrected chi connectivity index (χ0v) is 10.4. The van der Waals surface area contributed by atoms with Crippen LogP contribution in [0.15, 0.2) is 36.5 Å². The van der Waals surface area contributed by atoms with E-state index in [0.717, 1.165) is 5.56 Å². The number of nitrogens with zero attached hydrogens (tertiary/aromatic N) is 1. The van der Waals surface area contributed by atoms with Crippen LogP contribution in [0, 0.1) is 6.92 Å². The first kappa shape index (κ1) is 11.7. The van der Waals surface area contributed by atoms with Crippen LogP contribution >= 0.6 is 11.6 Å². The Morgan fingerprint density at radius 2 is 1.94 bits per heavy atom. The second-order valence-corrected chi connectivity index (χ2v) is 3.96. The first-order valence-corrected chi connectivity index (χ1v) is 5.51. The lowest BCUT2D eigenvalue weighted by molar-refractivity contribution is 0.378. The van der Waals surface area contributed by atoms with Gasteiger partial charge < -0.3 is 9.47 Å². The Morgan fingerprint density at radius 1 is 1.12 bits per heavy atom. The number of aromatic nitrogens is 1. The molecule has 0 saturated heterocycles. The molecule has 0 spiro atoms. The summed E-state index contributed by atoms with van der Waals surface area (Å²) in [4.78, 5) is 3.95. The average molecular weight is 250 g/mol. The van der Waals surface area contributed by atoms with Crippen molar-refractivity contribution in [2.24, 2.45) is 0 Å². The summed E-state index contributed by atoms with van der Waals surface area (Å²) >= 11 is 5.70. The number of pyridine rings is 1. The minimum atomic E-state index is 0.438. The molecule has 0 bridgehead atoms. The lowest BCUT2D eigenvalue weighted by Crippen LogP contribution is -1.91. The van der Waals surface area contributed by atoms with Crippen molar-refractivity contribution >= 4 is 11.6 Å². The summed E-state index contributed by atoms with van der Waals surface area (Å²) in [5.74, 6) is 1.97. The van der Waals surface area contributed by atoms with E-state index in [1.165, 1.54) is 0 Å². The highest BCUT2D eigenvalue weighted by molar-refractivity contribution is 6.29. The molecule has 0 fully saturated rings. The molecule has 0 saturated carbocycles. The molecular formula is C13H12ClNO2. The van der Waals surface area contributed by atoms with Crippen LogP contribution in [0.1, 0.15) is 5.56 Å². The molecule has 0 N–H and O–H groups in total. The summed E-state index contributed by atoms with van der Waals surface area (Å²) in [6, 6.07) is 9.18. The number of hydrogen-bond acceptors (Lipinski definition) is 3. The van der Waals surface area contributed by atoms with Crippen LogP contribution in [-0.2, 0) is 0 Å². The van der Waals surface area contributed by atoms with Gasteiger partial charge in [-0.05, 0) is 36.8 Å². The van der Waals surface area contributed by atoms with Gasteiger partial charge in [0.2, 0.25) is 0 Å². The van der Waals surface area contributed by atoms with Crippen LogP contribution in [-0.4, -0.2) is 12.1 Å². The average Bonchev–Trinajstić information content (AvgIpc) is 2.34. The highest BCUT2D eigenvalue weighted by Gasteiger charge is 2.05. The quantitative estimate of drug-likeness (QED) is 0.775. The van der Waals surface area contributed by atoms with Gasteiger partial charge in [0, 0.05) is 0 Å². The lowest BCUT2D eigenvalue weighted by Gasteiger charge is -2.10. The van der Waals surface area contributed by atoms with Gasteiger partial charge in [0.15, 0.2) is 11.5 Å². The Bertz CT molecular complexity index is 511. The third kappa shape index (κ3) is 2.88. The standard InChI is InChI=1S/C13H12ClNO2/c1-9-3-5-11(12(7-9)16-2)17-10-4-6-13(14)15-8-10/h3-8H,1-2H3. The first-order chi connectivity index (χ1) is 8.19. The minimum absolute atomic E-state index is 0.438. The molecule has 0 unspecified atom stereocenters. The van der Waals surface area contributed by atoms with Crippen LogP contribution in [0.5, 0.6) is 17.2 Å². The largest absolute Gasteiger partial charge is 0.493 e. The van der Waals surface area contributed by atoms with Gasteiger partial charge in [-0.1, -0.05) is 17.7 Å². The van der Waals surface area contributed by atoms with Crippen molar-refractivity contribution < 1.29 is 9.47 Å². The van der Waals surface area contributed by atoms with Crippen LogP contribution in [0.4, 0.5) is 0 Å². The van der Waals surface area contributed by atoms with E-state index in [4.69, 9.17) is 21.1 Å². The van der Waals surface area contributed by atoms with Gasteiger partial charge in [-0.2, -0.15) is 0 Å². The molecule has 0 radical (unpaired) electrons.